The van der Waals surface area contributed by atoms with Gasteiger partial charge in [0.05, 0.1) is 0 Å². The molecule has 0 bridgehead atoms. The molecule has 3 nitrogen and oxygen atoms in total. The van der Waals surface area contributed by atoms with E-state index in [-0.39, 0.29) is 0 Å². The van der Waals surface area contributed by atoms with Crippen LogP contribution >= 0.6 is 0 Å². The molecular formula is C13H27N3. The van der Waals surface area contributed by atoms with Crippen LogP contribution < -0.4 is 5.32 Å². The minimum Gasteiger partial charge on any atom is -0.317 e. The number of likely N-dealkylation sites (tertiary alicyclic amines) is 1. The highest BCUT2D eigenvalue weighted by Gasteiger charge is 2.30. The van der Waals surface area contributed by atoms with Crippen LogP contribution in [0.2, 0.25) is 0 Å². The first-order valence-corrected chi connectivity index (χ1v) is 6.78. The van der Waals surface area contributed by atoms with Crippen molar-refractivity contribution in [2.45, 2.75) is 50.2 Å². The molecule has 1 unspecified atom stereocenters. The third kappa shape index (κ3) is 2.76. The molecule has 2 fully saturated rings. The van der Waals surface area contributed by atoms with Crippen LogP contribution in [-0.4, -0.2) is 62.2 Å². The van der Waals surface area contributed by atoms with Crippen LogP contribution in [0.25, 0.3) is 0 Å². The zero-order chi connectivity index (χ0) is 11.5. The second-order valence-corrected chi connectivity index (χ2v) is 5.66. The normalized spacial score (nSPS) is 37.1. The molecule has 0 aromatic heterocycles. The molecule has 2 aliphatic rings. The van der Waals surface area contributed by atoms with E-state index < -0.39 is 0 Å². The van der Waals surface area contributed by atoms with Gasteiger partial charge in [0.25, 0.3) is 0 Å². The summed E-state index contributed by atoms with van der Waals surface area (Å²) in [4.78, 5) is 5.12. The Labute approximate surface area is 100 Å². The van der Waals surface area contributed by atoms with E-state index in [1.165, 1.54) is 45.2 Å². The largest absolute Gasteiger partial charge is 0.317 e. The summed E-state index contributed by atoms with van der Waals surface area (Å²) in [5.74, 6) is 0. The molecule has 0 radical (unpaired) electrons. The molecule has 3 heteroatoms. The third-order valence-corrected chi connectivity index (χ3v) is 4.62. The van der Waals surface area contributed by atoms with E-state index in [2.05, 4.69) is 36.3 Å². The topological polar surface area (TPSA) is 18.5 Å². The monoisotopic (exact) mass is 225 g/mol. The molecule has 0 aromatic carbocycles. The molecule has 1 saturated heterocycles. The van der Waals surface area contributed by atoms with Crippen molar-refractivity contribution in [1.29, 1.82) is 0 Å². The lowest BCUT2D eigenvalue weighted by molar-refractivity contribution is 0.130. The number of nitrogens with one attached hydrogen (secondary N) is 1. The highest BCUT2D eigenvalue weighted by atomic mass is 15.2. The number of rotatable bonds is 3. The van der Waals surface area contributed by atoms with E-state index in [1.807, 2.05) is 0 Å². The Morgan fingerprint density at radius 2 is 1.75 bits per heavy atom. The van der Waals surface area contributed by atoms with Crippen LogP contribution in [0.3, 0.4) is 0 Å². The Hall–Kier alpha value is -0.120. The molecule has 1 aliphatic heterocycles. The van der Waals surface area contributed by atoms with Gasteiger partial charge in [-0.15, -0.1) is 0 Å². The minimum absolute atomic E-state index is 0.774. The van der Waals surface area contributed by atoms with Gasteiger partial charge < -0.3 is 10.2 Å². The average Bonchev–Trinajstić information content (AvgIpc) is 2.75. The van der Waals surface area contributed by atoms with Gasteiger partial charge in [-0.2, -0.15) is 0 Å². The molecule has 1 N–H and O–H groups in total. The van der Waals surface area contributed by atoms with Crippen molar-refractivity contribution < 1.29 is 0 Å². The Bertz CT molecular complexity index is 211. The van der Waals surface area contributed by atoms with E-state index in [9.17, 15) is 0 Å². The molecule has 2 rings (SSSR count). The fourth-order valence-electron chi connectivity index (χ4n) is 3.31. The molecule has 0 aromatic rings. The molecule has 16 heavy (non-hydrogen) atoms. The van der Waals surface area contributed by atoms with Crippen molar-refractivity contribution in [2.24, 2.45) is 0 Å². The van der Waals surface area contributed by atoms with Gasteiger partial charge in [0.15, 0.2) is 0 Å². The maximum absolute atomic E-state index is 3.41. The van der Waals surface area contributed by atoms with Crippen LogP contribution in [0, 0.1) is 0 Å². The molecule has 1 aliphatic carbocycles. The number of hydrogen-bond acceptors (Lipinski definition) is 3. The summed E-state index contributed by atoms with van der Waals surface area (Å²) >= 11 is 0. The maximum Gasteiger partial charge on any atom is 0.0235 e. The average molecular weight is 225 g/mol. The SMILES string of the molecule is CNC1CCC(N(C)C2CCN(C)C2)CC1. The minimum atomic E-state index is 0.774. The zero-order valence-electron chi connectivity index (χ0n) is 11.1. The first-order chi connectivity index (χ1) is 7.70. The van der Waals surface area contributed by atoms with Gasteiger partial charge >= 0.3 is 0 Å². The second-order valence-electron chi connectivity index (χ2n) is 5.66. The van der Waals surface area contributed by atoms with Crippen molar-refractivity contribution >= 4 is 0 Å². The van der Waals surface area contributed by atoms with E-state index in [0.717, 1.165) is 18.1 Å². The van der Waals surface area contributed by atoms with Crippen LogP contribution in [0.1, 0.15) is 32.1 Å². The lowest BCUT2D eigenvalue weighted by Crippen LogP contribution is -2.45. The number of likely N-dealkylation sites (N-methyl/N-ethyl adjacent to an activating group) is 2. The first-order valence-electron chi connectivity index (χ1n) is 6.78. The summed E-state index contributed by atoms with van der Waals surface area (Å²) in [7, 11) is 6.68. The maximum atomic E-state index is 3.41. The molecule has 1 saturated carbocycles. The van der Waals surface area contributed by atoms with Crippen molar-refractivity contribution in [3.8, 4) is 0 Å². The summed E-state index contributed by atoms with van der Waals surface area (Å²) in [6.45, 7) is 2.54. The van der Waals surface area contributed by atoms with Crippen molar-refractivity contribution in [1.82, 2.24) is 15.1 Å². The second kappa shape index (κ2) is 5.48. The molecule has 0 amide bonds. The van der Waals surface area contributed by atoms with Gasteiger partial charge in [-0.1, -0.05) is 0 Å². The number of nitrogens with zero attached hydrogens (tertiary/aromatic N) is 2. The van der Waals surface area contributed by atoms with Crippen molar-refractivity contribution in [2.75, 3.05) is 34.2 Å². The first kappa shape index (κ1) is 12.3. The quantitative estimate of drug-likeness (QED) is 0.777. The zero-order valence-corrected chi connectivity index (χ0v) is 11.1. The van der Waals surface area contributed by atoms with E-state index in [4.69, 9.17) is 0 Å². The van der Waals surface area contributed by atoms with Gasteiger partial charge in [0, 0.05) is 24.7 Å². The third-order valence-electron chi connectivity index (χ3n) is 4.62. The van der Waals surface area contributed by atoms with Crippen molar-refractivity contribution in [3.63, 3.8) is 0 Å². The molecule has 1 atom stereocenters. The van der Waals surface area contributed by atoms with Gasteiger partial charge in [0.1, 0.15) is 0 Å². The fourth-order valence-corrected chi connectivity index (χ4v) is 3.31. The van der Waals surface area contributed by atoms with Crippen LogP contribution in [0.15, 0.2) is 0 Å². The standard InChI is InChI=1S/C13H27N3/c1-14-11-4-6-12(7-5-11)16(3)13-8-9-15(2)10-13/h11-14H,4-10H2,1-3H3. The lowest BCUT2D eigenvalue weighted by atomic mass is 9.89. The smallest absolute Gasteiger partial charge is 0.0235 e. The summed E-state index contributed by atoms with van der Waals surface area (Å²) in [6.07, 6.45) is 6.82. The predicted octanol–water partition coefficient (Wildman–Crippen LogP) is 1.15. The highest BCUT2D eigenvalue weighted by molar-refractivity contribution is 4.87. The Morgan fingerprint density at radius 1 is 1.06 bits per heavy atom. The van der Waals surface area contributed by atoms with Gasteiger partial charge in [-0.05, 0) is 59.8 Å². The molecular weight excluding hydrogens is 198 g/mol. The van der Waals surface area contributed by atoms with E-state index >= 15 is 0 Å². The molecule has 1 heterocycles. The van der Waals surface area contributed by atoms with Gasteiger partial charge in [-0.25, -0.2) is 0 Å². The molecule has 0 spiro atoms. The van der Waals surface area contributed by atoms with E-state index in [1.54, 1.807) is 0 Å². The van der Waals surface area contributed by atoms with Gasteiger partial charge in [0.2, 0.25) is 0 Å². The summed E-state index contributed by atoms with van der Waals surface area (Å²) in [5.41, 5.74) is 0. The Morgan fingerprint density at radius 3 is 2.25 bits per heavy atom. The summed E-state index contributed by atoms with van der Waals surface area (Å²) < 4.78 is 0. The summed E-state index contributed by atoms with van der Waals surface area (Å²) in [6, 6.07) is 2.41. The van der Waals surface area contributed by atoms with E-state index in [0.29, 0.717) is 0 Å². The lowest BCUT2D eigenvalue weighted by Gasteiger charge is -2.37. The van der Waals surface area contributed by atoms with Crippen LogP contribution in [0.4, 0.5) is 0 Å². The Balaban J connectivity index is 1.79. The Kier molecular flexibility index (Phi) is 4.22. The van der Waals surface area contributed by atoms with Gasteiger partial charge in [-0.3, -0.25) is 4.90 Å². The highest BCUT2D eigenvalue weighted by Crippen LogP contribution is 2.25. The number of hydrogen-bond donors (Lipinski definition) is 1. The predicted molar refractivity (Wildman–Crippen MR) is 68.8 cm³/mol. The van der Waals surface area contributed by atoms with Crippen LogP contribution in [-0.2, 0) is 0 Å². The van der Waals surface area contributed by atoms with Crippen LogP contribution in [0.5, 0.6) is 0 Å². The fraction of sp³-hybridized carbons (Fsp3) is 1.00. The summed E-state index contributed by atoms with van der Waals surface area (Å²) in [5, 5.41) is 3.41. The van der Waals surface area contributed by atoms with Crippen molar-refractivity contribution in [3.05, 3.63) is 0 Å². The molecule has 94 valence electrons.